The molecule has 3 aromatic carbocycles. The average Bonchev–Trinajstić information content (AvgIpc) is 3.82. The Balaban J connectivity index is 1.65. The number of rotatable bonds is 13. The molecule has 1 saturated carbocycles. The van der Waals surface area contributed by atoms with Crippen LogP contribution in [0.25, 0.3) is 0 Å². The molecule has 252 valence electrons. The minimum absolute atomic E-state index is 0.0690. The summed E-state index contributed by atoms with van der Waals surface area (Å²) in [5, 5.41) is 14.8. The summed E-state index contributed by atoms with van der Waals surface area (Å²) in [6, 6.07) is 24.5. The van der Waals surface area contributed by atoms with Crippen molar-refractivity contribution >= 4 is 12.2 Å². The summed E-state index contributed by atoms with van der Waals surface area (Å²) in [6.45, 7) is 15.9. The van der Waals surface area contributed by atoms with Crippen molar-refractivity contribution in [1.29, 1.82) is 0 Å². The summed E-state index contributed by atoms with van der Waals surface area (Å²) in [5.41, 5.74) is 2.39. The first-order valence-electron chi connectivity index (χ1n) is 16.3. The van der Waals surface area contributed by atoms with Crippen LogP contribution in [0, 0.1) is 0 Å². The molecule has 2 N–H and O–H groups in total. The van der Waals surface area contributed by atoms with Crippen molar-refractivity contribution in [2.75, 3.05) is 13.2 Å². The van der Waals surface area contributed by atoms with Crippen LogP contribution in [0.3, 0.4) is 0 Å². The first kappa shape index (κ1) is 35.6. The fourth-order valence-corrected chi connectivity index (χ4v) is 5.56. The minimum atomic E-state index is -1.16. The van der Waals surface area contributed by atoms with Gasteiger partial charge < -0.3 is 24.6 Å². The second-order valence-corrected chi connectivity index (χ2v) is 14.3. The van der Waals surface area contributed by atoms with Crippen molar-refractivity contribution in [3.8, 4) is 5.75 Å². The zero-order chi connectivity index (χ0) is 34.2. The van der Waals surface area contributed by atoms with E-state index in [9.17, 15) is 14.7 Å². The Labute approximate surface area is 279 Å². The number of carbonyl (C=O) groups is 2. The summed E-state index contributed by atoms with van der Waals surface area (Å²) < 4.78 is 17.2. The maximum atomic E-state index is 14.0. The molecule has 3 aromatic rings. The molecule has 2 atom stereocenters. The van der Waals surface area contributed by atoms with Gasteiger partial charge in [0.1, 0.15) is 24.6 Å². The summed E-state index contributed by atoms with van der Waals surface area (Å²) in [4.78, 5) is 28.7. The van der Waals surface area contributed by atoms with Crippen molar-refractivity contribution in [2.24, 2.45) is 0 Å². The standard InChI is InChI=1S/C39H50N2O6/c1-8-22-45-32-19-12-16-29(23-32)24-33(40-35(43)47-38(5,6)7)34(42)26-41(36(44)46-27-28-14-10-9-11-15-28)39(20-21-39)31-18-13-17-30(25-31)37(2,3)4/h8-19,23,25,33-34,42H,1,20-22,24,26-27H2,2-7H3,(H,40,43)/t33-,34-/m0/s1. The van der Waals surface area contributed by atoms with Crippen molar-refractivity contribution in [3.05, 3.63) is 114 Å². The van der Waals surface area contributed by atoms with Crippen LogP contribution in [0.4, 0.5) is 9.59 Å². The number of aliphatic hydroxyl groups excluding tert-OH is 1. The Morgan fingerprint density at radius 1 is 0.957 bits per heavy atom. The fraction of sp³-hybridized carbons (Fsp3) is 0.436. The number of ether oxygens (including phenoxy) is 3. The van der Waals surface area contributed by atoms with Gasteiger partial charge in [0.25, 0.3) is 0 Å². The van der Waals surface area contributed by atoms with Gasteiger partial charge in [-0.25, -0.2) is 9.59 Å². The van der Waals surface area contributed by atoms with Gasteiger partial charge in [-0.1, -0.05) is 100 Å². The number of amides is 2. The van der Waals surface area contributed by atoms with Gasteiger partial charge in [-0.2, -0.15) is 0 Å². The highest BCUT2D eigenvalue weighted by molar-refractivity contribution is 5.71. The zero-order valence-electron chi connectivity index (χ0n) is 28.6. The Bertz CT molecular complexity index is 1500. The molecule has 8 nitrogen and oxygen atoms in total. The van der Waals surface area contributed by atoms with Crippen LogP contribution in [0.1, 0.15) is 76.6 Å². The Morgan fingerprint density at radius 3 is 2.28 bits per heavy atom. The predicted octanol–water partition coefficient (Wildman–Crippen LogP) is 7.67. The number of carbonyl (C=O) groups excluding carboxylic acids is 2. The molecule has 0 spiro atoms. The normalized spacial score (nSPS) is 15.1. The third kappa shape index (κ3) is 10.1. The lowest BCUT2D eigenvalue weighted by molar-refractivity contribution is 0.0230. The molecule has 47 heavy (non-hydrogen) atoms. The van der Waals surface area contributed by atoms with E-state index in [1.165, 1.54) is 0 Å². The van der Waals surface area contributed by atoms with Crippen molar-refractivity contribution < 1.29 is 28.9 Å². The summed E-state index contributed by atoms with van der Waals surface area (Å²) in [7, 11) is 0. The van der Waals surface area contributed by atoms with E-state index in [2.05, 4.69) is 44.8 Å². The SMILES string of the molecule is C=CCOc1cccc(C[C@H](NC(=O)OC(C)(C)C)[C@@H](O)CN(C(=O)OCc2ccccc2)C2(c3cccc(C(C)(C)C)c3)CC2)c1. The van der Waals surface area contributed by atoms with Crippen LogP contribution >= 0.6 is 0 Å². The highest BCUT2D eigenvalue weighted by Gasteiger charge is 2.53. The molecule has 0 radical (unpaired) electrons. The molecule has 0 aliphatic heterocycles. The Kier molecular flexibility index (Phi) is 11.4. The summed E-state index contributed by atoms with van der Waals surface area (Å²) in [5.74, 6) is 0.648. The van der Waals surface area contributed by atoms with Gasteiger partial charge in [-0.05, 0) is 79.8 Å². The van der Waals surface area contributed by atoms with Crippen LogP contribution in [0.5, 0.6) is 5.75 Å². The maximum absolute atomic E-state index is 14.0. The smallest absolute Gasteiger partial charge is 0.410 e. The van der Waals surface area contributed by atoms with Crippen LogP contribution < -0.4 is 10.1 Å². The Hall–Kier alpha value is -4.30. The highest BCUT2D eigenvalue weighted by atomic mass is 16.6. The van der Waals surface area contributed by atoms with Crippen LogP contribution in [-0.4, -0.2) is 53.1 Å². The molecular weight excluding hydrogens is 592 g/mol. The minimum Gasteiger partial charge on any atom is -0.490 e. The molecule has 0 bridgehead atoms. The summed E-state index contributed by atoms with van der Waals surface area (Å²) >= 11 is 0. The zero-order valence-corrected chi connectivity index (χ0v) is 28.6. The van der Waals surface area contributed by atoms with E-state index in [0.29, 0.717) is 12.4 Å². The molecular formula is C39H50N2O6. The number of aliphatic hydroxyl groups is 1. The van der Waals surface area contributed by atoms with Gasteiger partial charge in [0.2, 0.25) is 0 Å². The fourth-order valence-electron chi connectivity index (χ4n) is 5.56. The number of benzene rings is 3. The van der Waals surface area contributed by atoms with Gasteiger partial charge in [0.05, 0.1) is 24.2 Å². The lowest BCUT2D eigenvalue weighted by atomic mass is 9.85. The number of alkyl carbamates (subject to hydrolysis) is 1. The van der Waals surface area contributed by atoms with Gasteiger partial charge in [0, 0.05) is 0 Å². The van der Waals surface area contributed by atoms with Crippen molar-refractivity contribution in [2.45, 2.75) is 96.1 Å². The van der Waals surface area contributed by atoms with Gasteiger partial charge in [-0.15, -0.1) is 0 Å². The van der Waals surface area contributed by atoms with E-state index >= 15 is 0 Å². The molecule has 0 aromatic heterocycles. The first-order valence-corrected chi connectivity index (χ1v) is 16.3. The molecule has 0 unspecified atom stereocenters. The third-order valence-electron chi connectivity index (χ3n) is 8.19. The third-order valence-corrected chi connectivity index (χ3v) is 8.19. The summed E-state index contributed by atoms with van der Waals surface area (Å²) in [6.07, 6.45) is 1.04. The molecule has 4 rings (SSSR count). The molecule has 0 heterocycles. The van der Waals surface area contributed by atoms with Crippen LogP contribution in [0.2, 0.25) is 0 Å². The number of hydrogen-bond acceptors (Lipinski definition) is 6. The van der Waals surface area contributed by atoms with Crippen LogP contribution in [-0.2, 0) is 33.5 Å². The average molecular weight is 643 g/mol. The van der Waals surface area contributed by atoms with Crippen LogP contribution in [0.15, 0.2) is 91.5 Å². The lowest BCUT2D eigenvalue weighted by Gasteiger charge is -2.36. The van der Waals surface area contributed by atoms with E-state index in [1.807, 2.05) is 66.7 Å². The van der Waals surface area contributed by atoms with E-state index in [4.69, 9.17) is 14.2 Å². The second kappa shape index (κ2) is 15.1. The van der Waals surface area contributed by atoms with Gasteiger partial charge in [0.15, 0.2) is 0 Å². The monoisotopic (exact) mass is 642 g/mol. The lowest BCUT2D eigenvalue weighted by Crippen LogP contribution is -2.53. The quantitative estimate of drug-likeness (QED) is 0.186. The Morgan fingerprint density at radius 2 is 1.64 bits per heavy atom. The second-order valence-electron chi connectivity index (χ2n) is 14.3. The topological polar surface area (TPSA) is 97.3 Å². The molecule has 1 aliphatic carbocycles. The van der Waals surface area contributed by atoms with Crippen molar-refractivity contribution in [1.82, 2.24) is 10.2 Å². The van der Waals surface area contributed by atoms with E-state index in [-0.39, 0.29) is 25.0 Å². The maximum Gasteiger partial charge on any atom is 0.410 e. The number of hydrogen-bond donors (Lipinski definition) is 2. The van der Waals surface area contributed by atoms with E-state index < -0.39 is 35.5 Å². The van der Waals surface area contributed by atoms with Gasteiger partial charge >= 0.3 is 12.2 Å². The molecule has 2 amide bonds. The number of nitrogens with one attached hydrogen (secondary N) is 1. The number of nitrogens with zero attached hydrogens (tertiary/aromatic N) is 1. The molecule has 1 aliphatic rings. The van der Waals surface area contributed by atoms with E-state index in [0.717, 1.165) is 35.1 Å². The van der Waals surface area contributed by atoms with Gasteiger partial charge in [-0.3, -0.25) is 4.90 Å². The van der Waals surface area contributed by atoms with Crippen molar-refractivity contribution in [3.63, 3.8) is 0 Å². The molecule has 8 heteroatoms. The highest BCUT2D eigenvalue weighted by Crippen LogP contribution is 2.52. The first-order chi connectivity index (χ1) is 22.2. The molecule has 1 fully saturated rings. The van der Waals surface area contributed by atoms with E-state index in [1.54, 1.807) is 31.7 Å². The largest absolute Gasteiger partial charge is 0.490 e. The molecule has 0 saturated heterocycles. The predicted molar refractivity (Wildman–Crippen MR) is 184 cm³/mol.